The van der Waals surface area contributed by atoms with Crippen LogP contribution in [0.4, 0.5) is 0 Å². The Morgan fingerprint density at radius 1 is 1.50 bits per heavy atom. The minimum atomic E-state index is -0.971. The number of ether oxygens (including phenoxy) is 1. The summed E-state index contributed by atoms with van der Waals surface area (Å²) >= 11 is 0. The first-order chi connectivity index (χ1) is 3.66. The third-order valence-corrected chi connectivity index (χ3v) is 1.33. The van der Waals surface area contributed by atoms with Crippen molar-refractivity contribution in [1.82, 2.24) is 0 Å². The van der Waals surface area contributed by atoms with Gasteiger partial charge in [0.05, 0.1) is 7.11 Å². The van der Waals surface area contributed by atoms with Gasteiger partial charge >= 0.3 is 0 Å². The lowest BCUT2D eigenvalue weighted by Gasteiger charge is -2.08. The fourth-order valence-corrected chi connectivity index (χ4v) is 0.933. The lowest BCUT2D eigenvalue weighted by Crippen LogP contribution is -2.07. The van der Waals surface area contributed by atoms with Gasteiger partial charge in [-0.2, -0.15) is 0 Å². The summed E-state index contributed by atoms with van der Waals surface area (Å²) < 4.78 is 9.80. The summed E-state index contributed by atoms with van der Waals surface area (Å²) in [5.41, 5.74) is 0. The molecule has 0 spiro atoms. The van der Waals surface area contributed by atoms with Gasteiger partial charge in [-0.05, 0) is 19.7 Å². The normalized spacial score (nSPS) is 9.00. The molecule has 2 nitrogen and oxygen atoms in total. The molecule has 0 aliphatic carbocycles. The van der Waals surface area contributed by atoms with Gasteiger partial charge in [-0.1, -0.05) is 0 Å². The topological polar surface area (TPSA) is 18.5 Å². The van der Waals surface area contributed by atoms with E-state index >= 15 is 0 Å². The quantitative estimate of drug-likeness (QED) is 0.423. The molecule has 0 aromatic heterocycles. The molecule has 0 heterocycles. The summed E-state index contributed by atoms with van der Waals surface area (Å²) in [6.07, 6.45) is 0. The van der Waals surface area contributed by atoms with Crippen molar-refractivity contribution in [1.29, 1.82) is 0 Å². The monoisotopic (exact) mass is 132 g/mol. The Morgan fingerprint density at radius 3 is 2.12 bits per heavy atom. The SMILES string of the molecule is C=C(OC)O[SiH](C)C. The van der Waals surface area contributed by atoms with E-state index in [2.05, 4.69) is 24.4 Å². The Balaban J connectivity index is 3.25. The van der Waals surface area contributed by atoms with E-state index in [1.54, 1.807) is 7.11 Å². The molecular formula is C5H12O2Si. The van der Waals surface area contributed by atoms with Gasteiger partial charge in [-0.3, -0.25) is 0 Å². The molecule has 0 amide bonds. The highest BCUT2D eigenvalue weighted by molar-refractivity contribution is 6.48. The minimum absolute atomic E-state index is 0.437. The molecule has 0 bridgehead atoms. The van der Waals surface area contributed by atoms with Crippen molar-refractivity contribution in [3.8, 4) is 0 Å². The maximum Gasteiger partial charge on any atom is 0.257 e. The summed E-state index contributed by atoms with van der Waals surface area (Å²) in [7, 11) is 0.584. The summed E-state index contributed by atoms with van der Waals surface area (Å²) in [6.45, 7) is 7.62. The predicted molar refractivity (Wildman–Crippen MR) is 36.1 cm³/mol. The van der Waals surface area contributed by atoms with Gasteiger partial charge in [0.15, 0.2) is 0 Å². The highest BCUT2D eigenvalue weighted by Crippen LogP contribution is 1.95. The Morgan fingerprint density at radius 2 is 2.00 bits per heavy atom. The second-order valence-electron chi connectivity index (χ2n) is 1.74. The maximum absolute atomic E-state index is 5.12. The molecule has 0 N–H and O–H groups in total. The van der Waals surface area contributed by atoms with Crippen LogP contribution in [0, 0.1) is 0 Å². The van der Waals surface area contributed by atoms with Crippen LogP contribution in [-0.2, 0) is 9.16 Å². The third kappa shape index (κ3) is 3.74. The molecule has 48 valence electrons. The van der Waals surface area contributed by atoms with Gasteiger partial charge in [0.25, 0.3) is 5.95 Å². The van der Waals surface area contributed by atoms with Crippen LogP contribution in [0.5, 0.6) is 0 Å². The van der Waals surface area contributed by atoms with E-state index in [1.807, 2.05) is 0 Å². The van der Waals surface area contributed by atoms with Crippen molar-refractivity contribution in [2.75, 3.05) is 7.11 Å². The van der Waals surface area contributed by atoms with Crippen molar-refractivity contribution in [3.63, 3.8) is 0 Å². The molecule has 0 aliphatic rings. The Hall–Kier alpha value is -0.443. The fraction of sp³-hybridized carbons (Fsp3) is 0.600. The molecule has 0 rings (SSSR count). The van der Waals surface area contributed by atoms with Crippen molar-refractivity contribution >= 4 is 9.04 Å². The third-order valence-electron chi connectivity index (χ3n) is 0.595. The number of methoxy groups -OCH3 is 1. The van der Waals surface area contributed by atoms with Gasteiger partial charge in [-0.15, -0.1) is 0 Å². The zero-order valence-electron chi connectivity index (χ0n) is 5.60. The van der Waals surface area contributed by atoms with E-state index in [0.29, 0.717) is 5.95 Å². The first kappa shape index (κ1) is 7.56. The fourth-order valence-electron chi connectivity index (χ4n) is 0.311. The first-order valence-electron chi connectivity index (χ1n) is 2.56. The van der Waals surface area contributed by atoms with Gasteiger partial charge in [0.1, 0.15) is 0 Å². The van der Waals surface area contributed by atoms with Crippen LogP contribution in [0.25, 0.3) is 0 Å². The predicted octanol–water partition coefficient (Wildman–Crippen LogP) is 1.10. The van der Waals surface area contributed by atoms with E-state index in [4.69, 9.17) is 4.43 Å². The van der Waals surface area contributed by atoms with Crippen molar-refractivity contribution in [2.24, 2.45) is 0 Å². The Labute approximate surface area is 51.8 Å². The molecule has 0 radical (unpaired) electrons. The lowest BCUT2D eigenvalue weighted by atomic mass is 11.0. The molecule has 0 saturated heterocycles. The highest BCUT2D eigenvalue weighted by atomic mass is 28.3. The zero-order chi connectivity index (χ0) is 6.57. The van der Waals surface area contributed by atoms with E-state index in [1.165, 1.54) is 0 Å². The Kier molecular flexibility index (Phi) is 3.35. The molecule has 0 fully saturated rings. The number of hydrogen-bond acceptors (Lipinski definition) is 2. The maximum atomic E-state index is 5.12. The summed E-state index contributed by atoms with van der Waals surface area (Å²) in [5.74, 6) is 0.437. The van der Waals surface area contributed by atoms with E-state index in [-0.39, 0.29) is 0 Å². The summed E-state index contributed by atoms with van der Waals surface area (Å²) in [4.78, 5) is 0. The molecule has 0 unspecified atom stereocenters. The molecule has 0 atom stereocenters. The van der Waals surface area contributed by atoms with E-state index in [9.17, 15) is 0 Å². The number of hydrogen-bond donors (Lipinski definition) is 0. The average molecular weight is 132 g/mol. The van der Waals surface area contributed by atoms with Crippen LogP contribution in [0.3, 0.4) is 0 Å². The van der Waals surface area contributed by atoms with Crippen LogP contribution in [0.1, 0.15) is 0 Å². The van der Waals surface area contributed by atoms with Crippen molar-refractivity contribution in [3.05, 3.63) is 12.5 Å². The smallest absolute Gasteiger partial charge is 0.257 e. The highest BCUT2D eigenvalue weighted by Gasteiger charge is 1.96. The standard InChI is InChI=1S/C5H12O2Si/c1-5(6-2)7-8(3)4/h8H,1H2,2-4H3. The van der Waals surface area contributed by atoms with Crippen LogP contribution in [0.2, 0.25) is 13.1 Å². The van der Waals surface area contributed by atoms with Crippen molar-refractivity contribution < 1.29 is 9.16 Å². The average Bonchev–Trinajstić information content (AvgIpc) is 1.65. The van der Waals surface area contributed by atoms with Crippen LogP contribution >= 0.6 is 0 Å². The molecule has 3 heteroatoms. The molecular weight excluding hydrogens is 120 g/mol. The van der Waals surface area contributed by atoms with Gasteiger partial charge in [-0.25, -0.2) is 0 Å². The summed E-state index contributed by atoms with van der Waals surface area (Å²) in [6, 6.07) is 0. The molecule has 8 heavy (non-hydrogen) atoms. The number of rotatable bonds is 3. The largest absolute Gasteiger partial charge is 0.523 e. The zero-order valence-corrected chi connectivity index (χ0v) is 6.76. The van der Waals surface area contributed by atoms with Crippen LogP contribution in [0.15, 0.2) is 12.5 Å². The van der Waals surface area contributed by atoms with E-state index < -0.39 is 9.04 Å². The van der Waals surface area contributed by atoms with E-state index in [0.717, 1.165) is 0 Å². The minimum Gasteiger partial charge on any atom is -0.523 e. The molecule has 0 aliphatic heterocycles. The van der Waals surface area contributed by atoms with Gasteiger partial charge in [0, 0.05) is 0 Å². The Bertz CT molecular complexity index is 80.5. The first-order valence-corrected chi connectivity index (χ1v) is 5.34. The molecule has 0 aromatic carbocycles. The van der Waals surface area contributed by atoms with Gasteiger partial charge in [0.2, 0.25) is 9.04 Å². The second-order valence-corrected chi connectivity index (χ2v) is 4.08. The molecule has 0 aromatic rings. The van der Waals surface area contributed by atoms with Crippen molar-refractivity contribution in [2.45, 2.75) is 13.1 Å². The van der Waals surface area contributed by atoms with Gasteiger partial charge < -0.3 is 9.16 Å². The van der Waals surface area contributed by atoms with Crippen LogP contribution < -0.4 is 0 Å². The lowest BCUT2D eigenvalue weighted by molar-refractivity contribution is 0.154. The second kappa shape index (κ2) is 3.55. The summed E-state index contributed by atoms with van der Waals surface area (Å²) in [5, 5.41) is 0. The molecule has 0 saturated carbocycles. The van der Waals surface area contributed by atoms with Crippen LogP contribution in [-0.4, -0.2) is 16.2 Å².